The highest BCUT2D eigenvalue weighted by Gasteiger charge is 2.17. The number of aliphatic hydroxyl groups is 1. The number of ether oxygens (including phenoxy) is 1. The molecule has 0 unspecified atom stereocenters. The van der Waals surface area contributed by atoms with Gasteiger partial charge in [-0.3, -0.25) is 0 Å². The summed E-state index contributed by atoms with van der Waals surface area (Å²) in [5.74, 6) is 0.383. The zero-order valence-electron chi connectivity index (χ0n) is 7.83. The number of hydrogen-bond acceptors (Lipinski definition) is 4. The minimum Gasteiger partial charge on any atom is -0.465 e. The Morgan fingerprint density at radius 1 is 1.69 bits per heavy atom. The van der Waals surface area contributed by atoms with E-state index in [1.54, 1.807) is 13.8 Å². The molecule has 0 aromatic carbocycles. The number of aryl methyl sites for hydroxylation is 1. The molecular weight excluding hydrogens is 172 g/mol. The van der Waals surface area contributed by atoms with E-state index in [1.165, 1.54) is 13.2 Å². The second-order valence-corrected chi connectivity index (χ2v) is 2.79. The van der Waals surface area contributed by atoms with Gasteiger partial charge in [0.15, 0.2) is 0 Å². The molecule has 0 aliphatic heterocycles. The van der Waals surface area contributed by atoms with E-state index in [9.17, 15) is 9.90 Å². The third-order valence-corrected chi connectivity index (χ3v) is 1.75. The fourth-order valence-electron chi connectivity index (χ4n) is 1.02. The molecule has 1 N–H and O–H groups in total. The SMILES string of the molecule is COC(=O)c1cc([C@H](C)O)oc1C. The number of methoxy groups -OCH3 is 1. The summed E-state index contributed by atoms with van der Waals surface area (Å²) in [6, 6.07) is 1.49. The summed E-state index contributed by atoms with van der Waals surface area (Å²) in [6.07, 6.45) is -0.711. The summed E-state index contributed by atoms with van der Waals surface area (Å²) in [5, 5.41) is 9.17. The van der Waals surface area contributed by atoms with Crippen LogP contribution in [-0.2, 0) is 4.74 Å². The molecule has 0 aliphatic rings. The van der Waals surface area contributed by atoms with Crippen molar-refractivity contribution in [2.75, 3.05) is 7.11 Å². The second-order valence-electron chi connectivity index (χ2n) is 2.79. The molecule has 0 amide bonds. The first-order valence-corrected chi connectivity index (χ1v) is 3.93. The Balaban J connectivity index is 3.03. The Morgan fingerprint density at radius 2 is 2.31 bits per heavy atom. The number of carbonyl (C=O) groups excluding carboxylic acids is 1. The molecule has 1 atom stereocenters. The fraction of sp³-hybridized carbons (Fsp3) is 0.444. The lowest BCUT2D eigenvalue weighted by Crippen LogP contribution is -2.00. The molecule has 0 spiro atoms. The molecule has 0 aliphatic carbocycles. The third kappa shape index (κ3) is 1.89. The Kier molecular flexibility index (Phi) is 2.72. The lowest BCUT2D eigenvalue weighted by atomic mass is 10.2. The van der Waals surface area contributed by atoms with Crippen LogP contribution in [0, 0.1) is 6.92 Å². The quantitative estimate of drug-likeness (QED) is 0.706. The Hall–Kier alpha value is -1.29. The summed E-state index contributed by atoms with van der Waals surface area (Å²) < 4.78 is 9.68. The molecule has 4 nitrogen and oxygen atoms in total. The van der Waals surface area contributed by atoms with Gasteiger partial charge in [-0.05, 0) is 19.9 Å². The van der Waals surface area contributed by atoms with E-state index in [4.69, 9.17) is 4.42 Å². The normalized spacial score (nSPS) is 12.6. The first kappa shape index (κ1) is 9.80. The predicted molar refractivity (Wildman–Crippen MR) is 45.4 cm³/mol. The van der Waals surface area contributed by atoms with Gasteiger partial charge < -0.3 is 14.3 Å². The Morgan fingerprint density at radius 3 is 2.69 bits per heavy atom. The van der Waals surface area contributed by atoms with Gasteiger partial charge in [0.25, 0.3) is 0 Å². The van der Waals surface area contributed by atoms with Crippen LogP contribution in [0.25, 0.3) is 0 Å². The maximum atomic E-state index is 11.1. The zero-order valence-corrected chi connectivity index (χ0v) is 7.83. The standard InChI is InChI=1S/C9H12O4/c1-5(10)8-4-7(6(2)13-8)9(11)12-3/h4-5,10H,1-3H3/t5-/m0/s1. The van der Waals surface area contributed by atoms with E-state index >= 15 is 0 Å². The van der Waals surface area contributed by atoms with Crippen molar-refractivity contribution in [3.05, 3.63) is 23.2 Å². The zero-order chi connectivity index (χ0) is 10.0. The fourth-order valence-corrected chi connectivity index (χ4v) is 1.02. The average molecular weight is 184 g/mol. The van der Waals surface area contributed by atoms with Crippen LogP contribution in [0.15, 0.2) is 10.5 Å². The van der Waals surface area contributed by atoms with E-state index in [0.717, 1.165) is 0 Å². The van der Waals surface area contributed by atoms with Gasteiger partial charge in [-0.15, -0.1) is 0 Å². The maximum absolute atomic E-state index is 11.1. The molecular formula is C9H12O4. The van der Waals surface area contributed by atoms with Gasteiger partial charge in [0, 0.05) is 0 Å². The summed E-state index contributed by atoms with van der Waals surface area (Å²) in [7, 11) is 1.30. The van der Waals surface area contributed by atoms with E-state index in [-0.39, 0.29) is 0 Å². The van der Waals surface area contributed by atoms with Gasteiger partial charge in [-0.25, -0.2) is 4.79 Å². The van der Waals surface area contributed by atoms with Crippen molar-refractivity contribution in [3.8, 4) is 0 Å². The first-order valence-electron chi connectivity index (χ1n) is 3.93. The largest absolute Gasteiger partial charge is 0.465 e. The molecule has 0 radical (unpaired) electrons. The molecule has 0 saturated carbocycles. The van der Waals surface area contributed by atoms with Crippen molar-refractivity contribution in [2.24, 2.45) is 0 Å². The van der Waals surface area contributed by atoms with Gasteiger partial charge >= 0.3 is 5.97 Å². The van der Waals surface area contributed by atoms with E-state index in [0.29, 0.717) is 17.1 Å². The molecule has 1 rings (SSSR count). The molecule has 1 heterocycles. The van der Waals surface area contributed by atoms with E-state index in [1.807, 2.05) is 0 Å². The third-order valence-electron chi connectivity index (χ3n) is 1.75. The van der Waals surface area contributed by atoms with Crippen LogP contribution in [0.1, 0.15) is 34.9 Å². The van der Waals surface area contributed by atoms with Crippen molar-refractivity contribution in [1.82, 2.24) is 0 Å². The average Bonchev–Trinajstić information content (AvgIpc) is 2.46. The summed E-state index contributed by atoms with van der Waals surface area (Å²) >= 11 is 0. The van der Waals surface area contributed by atoms with Crippen molar-refractivity contribution < 1.29 is 19.1 Å². The van der Waals surface area contributed by atoms with Gasteiger partial charge in [-0.1, -0.05) is 0 Å². The molecule has 1 aromatic rings. The minimum atomic E-state index is -0.711. The van der Waals surface area contributed by atoms with E-state index < -0.39 is 12.1 Å². The Labute approximate surface area is 76.1 Å². The summed E-state index contributed by atoms with van der Waals surface area (Å²) in [4.78, 5) is 11.1. The van der Waals surface area contributed by atoms with Crippen molar-refractivity contribution in [2.45, 2.75) is 20.0 Å². The molecule has 13 heavy (non-hydrogen) atoms. The van der Waals surface area contributed by atoms with Gasteiger partial charge in [0.2, 0.25) is 0 Å². The van der Waals surface area contributed by atoms with Gasteiger partial charge in [0.05, 0.1) is 7.11 Å². The highest BCUT2D eigenvalue weighted by atomic mass is 16.5. The van der Waals surface area contributed by atoms with Gasteiger partial charge in [-0.2, -0.15) is 0 Å². The van der Waals surface area contributed by atoms with Crippen LogP contribution in [-0.4, -0.2) is 18.2 Å². The number of furan rings is 1. The van der Waals surface area contributed by atoms with Crippen LogP contribution in [0.2, 0.25) is 0 Å². The number of rotatable bonds is 2. The number of esters is 1. The minimum absolute atomic E-state index is 0.360. The van der Waals surface area contributed by atoms with Crippen LogP contribution in [0.3, 0.4) is 0 Å². The Bertz CT molecular complexity index is 311. The van der Waals surface area contributed by atoms with Crippen molar-refractivity contribution in [3.63, 3.8) is 0 Å². The van der Waals surface area contributed by atoms with E-state index in [2.05, 4.69) is 4.74 Å². The highest BCUT2D eigenvalue weighted by molar-refractivity contribution is 5.90. The second kappa shape index (κ2) is 3.62. The predicted octanol–water partition coefficient (Wildman–Crippen LogP) is 1.43. The lowest BCUT2D eigenvalue weighted by molar-refractivity contribution is 0.0599. The summed E-state index contributed by atoms with van der Waals surface area (Å²) in [6.45, 7) is 3.22. The van der Waals surface area contributed by atoms with Crippen LogP contribution in [0.4, 0.5) is 0 Å². The van der Waals surface area contributed by atoms with Crippen LogP contribution < -0.4 is 0 Å². The summed E-state index contributed by atoms with van der Waals surface area (Å²) in [5.41, 5.74) is 0.360. The molecule has 0 bridgehead atoms. The van der Waals surface area contributed by atoms with Crippen molar-refractivity contribution in [1.29, 1.82) is 0 Å². The molecule has 0 fully saturated rings. The number of aliphatic hydroxyl groups excluding tert-OH is 1. The molecule has 1 aromatic heterocycles. The first-order chi connectivity index (χ1) is 6.06. The van der Waals surface area contributed by atoms with Crippen LogP contribution in [0.5, 0.6) is 0 Å². The molecule has 4 heteroatoms. The topological polar surface area (TPSA) is 59.7 Å². The monoisotopic (exact) mass is 184 g/mol. The smallest absolute Gasteiger partial charge is 0.341 e. The van der Waals surface area contributed by atoms with Crippen LogP contribution >= 0.6 is 0 Å². The molecule has 72 valence electrons. The number of hydrogen-bond donors (Lipinski definition) is 1. The van der Waals surface area contributed by atoms with Crippen molar-refractivity contribution >= 4 is 5.97 Å². The number of carbonyl (C=O) groups is 1. The van der Waals surface area contributed by atoms with Gasteiger partial charge in [0.1, 0.15) is 23.2 Å². The lowest BCUT2D eigenvalue weighted by Gasteiger charge is -1.95. The molecule has 0 saturated heterocycles. The maximum Gasteiger partial charge on any atom is 0.341 e. The highest BCUT2D eigenvalue weighted by Crippen LogP contribution is 2.20.